The highest BCUT2D eigenvalue weighted by Gasteiger charge is 2.23. The molecule has 1 fully saturated rings. The summed E-state index contributed by atoms with van der Waals surface area (Å²) in [5.74, 6) is 1.01. The largest absolute Gasteiger partial charge is 0.494 e. The van der Waals surface area contributed by atoms with Crippen LogP contribution in [0.5, 0.6) is 5.75 Å². The topological polar surface area (TPSA) is 35.9 Å². The Balaban J connectivity index is 1.90. The van der Waals surface area contributed by atoms with Gasteiger partial charge in [0, 0.05) is 50.9 Å². The van der Waals surface area contributed by atoms with Gasteiger partial charge in [0.15, 0.2) is 0 Å². The van der Waals surface area contributed by atoms with Crippen LogP contribution in [0.1, 0.15) is 25.8 Å². The van der Waals surface area contributed by atoms with Crippen LogP contribution in [-0.4, -0.2) is 60.3 Å². The fraction of sp³-hybridized carbons (Fsp3) is 0.647. The van der Waals surface area contributed by atoms with Crippen LogP contribution in [0, 0.1) is 0 Å². The minimum atomic E-state index is 0.286. The molecule has 1 aliphatic heterocycles. The minimum Gasteiger partial charge on any atom is -0.494 e. The van der Waals surface area contributed by atoms with Crippen molar-refractivity contribution in [1.82, 2.24) is 9.80 Å². The minimum absolute atomic E-state index is 0.286. The number of para-hydroxylation sites is 1. The summed E-state index contributed by atoms with van der Waals surface area (Å²) in [5, 5.41) is 8.96. The third-order valence-corrected chi connectivity index (χ3v) is 4.12. The first-order valence-electron chi connectivity index (χ1n) is 8.02. The number of aliphatic hydroxyl groups is 1. The van der Waals surface area contributed by atoms with Gasteiger partial charge in [0.1, 0.15) is 5.75 Å². The van der Waals surface area contributed by atoms with E-state index in [0.29, 0.717) is 12.6 Å². The predicted octanol–water partition coefficient (Wildman–Crippen LogP) is 1.97. The van der Waals surface area contributed by atoms with Gasteiger partial charge in [0.05, 0.1) is 6.61 Å². The second-order valence-corrected chi connectivity index (χ2v) is 5.74. The zero-order chi connectivity index (χ0) is 15.1. The molecule has 1 N–H and O–H groups in total. The molecule has 118 valence electrons. The standard InChI is InChI=1S/C17H28N2O2/c1-3-21-17-8-5-4-7-16(17)14-18-10-11-19(9-6-12-20)15(2)13-18/h4-5,7-8,15,20H,3,6,9-14H2,1-2H3/t15-/m1/s1. The van der Waals surface area contributed by atoms with Gasteiger partial charge in [-0.3, -0.25) is 9.80 Å². The van der Waals surface area contributed by atoms with Crippen LogP contribution in [-0.2, 0) is 6.54 Å². The first-order valence-corrected chi connectivity index (χ1v) is 8.02. The van der Waals surface area contributed by atoms with Crippen LogP contribution in [0.25, 0.3) is 0 Å². The average molecular weight is 292 g/mol. The number of aliphatic hydroxyl groups excluding tert-OH is 1. The van der Waals surface area contributed by atoms with Gasteiger partial charge in [-0.1, -0.05) is 18.2 Å². The zero-order valence-electron chi connectivity index (χ0n) is 13.3. The summed E-state index contributed by atoms with van der Waals surface area (Å²) in [6, 6.07) is 8.88. The summed E-state index contributed by atoms with van der Waals surface area (Å²) in [4.78, 5) is 4.97. The van der Waals surface area contributed by atoms with Crippen molar-refractivity contribution < 1.29 is 9.84 Å². The van der Waals surface area contributed by atoms with E-state index in [1.807, 2.05) is 13.0 Å². The maximum absolute atomic E-state index is 8.96. The lowest BCUT2D eigenvalue weighted by atomic mass is 10.1. The van der Waals surface area contributed by atoms with Crippen molar-refractivity contribution >= 4 is 0 Å². The molecule has 21 heavy (non-hydrogen) atoms. The highest BCUT2D eigenvalue weighted by molar-refractivity contribution is 5.33. The second kappa shape index (κ2) is 8.37. The fourth-order valence-corrected chi connectivity index (χ4v) is 2.99. The van der Waals surface area contributed by atoms with Gasteiger partial charge in [0.25, 0.3) is 0 Å². The molecule has 2 rings (SSSR count). The van der Waals surface area contributed by atoms with E-state index in [4.69, 9.17) is 9.84 Å². The number of rotatable bonds is 7. The average Bonchev–Trinajstić information content (AvgIpc) is 2.49. The zero-order valence-corrected chi connectivity index (χ0v) is 13.3. The molecule has 1 saturated heterocycles. The first-order chi connectivity index (χ1) is 10.2. The summed E-state index contributed by atoms with van der Waals surface area (Å²) in [7, 11) is 0. The van der Waals surface area contributed by atoms with E-state index in [1.165, 1.54) is 5.56 Å². The Morgan fingerprint density at radius 2 is 2.10 bits per heavy atom. The van der Waals surface area contributed by atoms with Crippen molar-refractivity contribution in [3.8, 4) is 5.75 Å². The van der Waals surface area contributed by atoms with E-state index in [9.17, 15) is 0 Å². The number of ether oxygens (including phenoxy) is 1. The Labute approximate surface area is 128 Å². The molecule has 4 nitrogen and oxygen atoms in total. The Morgan fingerprint density at radius 3 is 2.81 bits per heavy atom. The van der Waals surface area contributed by atoms with Gasteiger partial charge in [-0.15, -0.1) is 0 Å². The molecule has 0 saturated carbocycles. The molecule has 0 aliphatic carbocycles. The van der Waals surface area contributed by atoms with Crippen molar-refractivity contribution in [1.29, 1.82) is 0 Å². The van der Waals surface area contributed by atoms with Crippen molar-refractivity contribution in [2.24, 2.45) is 0 Å². The maximum atomic E-state index is 8.96. The summed E-state index contributed by atoms with van der Waals surface area (Å²) >= 11 is 0. The molecule has 0 bridgehead atoms. The monoisotopic (exact) mass is 292 g/mol. The molecule has 0 radical (unpaired) electrons. The number of hydrogen-bond acceptors (Lipinski definition) is 4. The Kier molecular flexibility index (Phi) is 6.49. The van der Waals surface area contributed by atoms with E-state index in [1.54, 1.807) is 0 Å². The van der Waals surface area contributed by atoms with Crippen LogP contribution in [0.4, 0.5) is 0 Å². The molecular formula is C17H28N2O2. The van der Waals surface area contributed by atoms with Crippen LogP contribution in [0.2, 0.25) is 0 Å². The molecule has 1 aliphatic rings. The molecule has 1 aromatic rings. The van der Waals surface area contributed by atoms with Crippen LogP contribution in [0.3, 0.4) is 0 Å². The van der Waals surface area contributed by atoms with Crippen LogP contribution >= 0.6 is 0 Å². The second-order valence-electron chi connectivity index (χ2n) is 5.74. The first kappa shape index (κ1) is 16.3. The number of hydrogen-bond donors (Lipinski definition) is 1. The van der Waals surface area contributed by atoms with Gasteiger partial charge in [-0.25, -0.2) is 0 Å². The fourth-order valence-electron chi connectivity index (χ4n) is 2.99. The Morgan fingerprint density at radius 1 is 1.29 bits per heavy atom. The van der Waals surface area contributed by atoms with Crippen LogP contribution in [0.15, 0.2) is 24.3 Å². The molecule has 0 unspecified atom stereocenters. The summed E-state index contributed by atoms with van der Waals surface area (Å²) < 4.78 is 5.71. The number of benzene rings is 1. The lowest BCUT2D eigenvalue weighted by molar-refractivity contribution is 0.0731. The highest BCUT2D eigenvalue weighted by Crippen LogP contribution is 2.21. The summed E-state index contributed by atoms with van der Waals surface area (Å²) in [6.45, 7) is 10.5. The summed E-state index contributed by atoms with van der Waals surface area (Å²) in [5.41, 5.74) is 1.27. The molecule has 0 spiro atoms. The van der Waals surface area contributed by atoms with Gasteiger partial charge in [0.2, 0.25) is 0 Å². The Hall–Kier alpha value is -1.10. The third-order valence-electron chi connectivity index (χ3n) is 4.12. The van der Waals surface area contributed by atoms with E-state index >= 15 is 0 Å². The molecule has 1 atom stereocenters. The molecule has 1 aromatic carbocycles. The maximum Gasteiger partial charge on any atom is 0.123 e. The van der Waals surface area contributed by atoms with Crippen molar-refractivity contribution in [3.05, 3.63) is 29.8 Å². The lowest BCUT2D eigenvalue weighted by Gasteiger charge is -2.40. The number of nitrogens with zero attached hydrogens (tertiary/aromatic N) is 2. The smallest absolute Gasteiger partial charge is 0.123 e. The van der Waals surface area contributed by atoms with Gasteiger partial charge >= 0.3 is 0 Å². The van der Waals surface area contributed by atoms with Gasteiger partial charge < -0.3 is 9.84 Å². The highest BCUT2D eigenvalue weighted by atomic mass is 16.5. The SMILES string of the molecule is CCOc1ccccc1CN1CCN(CCCO)[C@H](C)C1. The van der Waals surface area contributed by atoms with E-state index in [0.717, 1.165) is 44.9 Å². The van der Waals surface area contributed by atoms with E-state index < -0.39 is 0 Å². The third kappa shape index (κ3) is 4.70. The summed E-state index contributed by atoms with van der Waals surface area (Å²) in [6.07, 6.45) is 0.873. The van der Waals surface area contributed by atoms with Crippen molar-refractivity contribution in [3.63, 3.8) is 0 Å². The quantitative estimate of drug-likeness (QED) is 0.833. The normalized spacial score (nSPS) is 20.6. The molecular weight excluding hydrogens is 264 g/mol. The Bertz CT molecular complexity index is 425. The molecule has 1 heterocycles. The van der Waals surface area contributed by atoms with E-state index in [2.05, 4.69) is 34.9 Å². The van der Waals surface area contributed by atoms with Gasteiger partial charge in [-0.2, -0.15) is 0 Å². The number of piperazine rings is 1. The molecule has 0 amide bonds. The molecule has 0 aromatic heterocycles. The van der Waals surface area contributed by atoms with E-state index in [-0.39, 0.29) is 6.61 Å². The molecule has 4 heteroatoms. The predicted molar refractivity (Wildman–Crippen MR) is 85.6 cm³/mol. The van der Waals surface area contributed by atoms with Crippen molar-refractivity contribution in [2.45, 2.75) is 32.9 Å². The van der Waals surface area contributed by atoms with Gasteiger partial charge in [-0.05, 0) is 26.3 Å². The van der Waals surface area contributed by atoms with Crippen LogP contribution < -0.4 is 4.74 Å². The van der Waals surface area contributed by atoms with Crippen molar-refractivity contribution in [2.75, 3.05) is 39.4 Å². The lowest BCUT2D eigenvalue weighted by Crippen LogP contribution is -2.51.